The molecule has 0 bridgehead atoms. The Morgan fingerprint density at radius 2 is 1.75 bits per heavy atom. The zero-order valence-corrected chi connectivity index (χ0v) is 10.0. The largest absolute Gasteiger partial charge is 0.480 e. The van der Waals surface area contributed by atoms with E-state index in [1.54, 1.807) is 20.8 Å². The van der Waals surface area contributed by atoms with Gasteiger partial charge in [-0.1, -0.05) is 20.8 Å². The molecule has 0 saturated carbocycles. The van der Waals surface area contributed by atoms with Gasteiger partial charge in [-0.15, -0.1) is 0 Å². The topological polar surface area (TPSA) is 113 Å². The van der Waals surface area contributed by atoms with Gasteiger partial charge in [0.05, 0.1) is 12.1 Å². The molecule has 0 spiro atoms. The summed E-state index contributed by atoms with van der Waals surface area (Å²) >= 11 is 0. The van der Waals surface area contributed by atoms with Crippen LogP contribution in [0.5, 0.6) is 0 Å². The molecule has 0 rings (SSSR count). The summed E-state index contributed by atoms with van der Waals surface area (Å²) in [6.45, 7) is 6.61. The maximum Gasteiger partial charge on any atom is 0.328 e. The fourth-order valence-electron chi connectivity index (χ4n) is 1.03. The van der Waals surface area contributed by atoms with Gasteiger partial charge in [0, 0.05) is 0 Å². The molecule has 6 nitrogen and oxygen atoms in total. The van der Waals surface area contributed by atoms with Crippen molar-refractivity contribution in [2.24, 2.45) is 11.1 Å². The minimum Gasteiger partial charge on any atom is -0.480 e. The average Bonchev–Trinajstić information content (AvgIpc) is 2.09. The molecule has 0 aliphatic rings. The van der Waals surface area contributed by atoms with Gasteiger partial charge in [0.1, 0.15) is 0 Å². The van der Waals surface area contributed by atoms with Crippen LogP contribution in [0.1, 0.15) is 27.7 Å². The van der Waals surface area contributed by atoms with E-state index >= 15 is 0 Å². The molecule has 3 atom stereocenters. The highest BCUT2D eigenvalue weighted by Crippen LogP contribution is 2.17. The van der Waals surface area contributed by atoms with Crippen molar-refractivity contribution in [1.82, 2.24) is 5.32 Å². The van der Waals surface area contributed by atoms with Gasteiger partial charge in [-0.05, 0) is 12.3 Å². The molecular formula is C10H20N2O4. The van der Waals surface area contributed by atoms with Crippen LogP contribution in [0.4, 0.5) is 0 Å². The predicted octanol–water partition coefficient (Wildman–Crippen LogP) is -0.690. The number of nitrogens with two attached hydrogens (primary N) is 1. The lowest BCUT2D eigenvalue weighted by molar-refractivity contribution is -0.145. The van der Waals surface area contributed by atoms with Crippen molar-refractivity contribution in [3.63, 3.8) is 0 Å². The predicted molar refractivity (Wildman–Crippen MR) is 58.7 cm³/mol. The molecule has 0 heterocycles. The lowest BCUT2D eigenvalue weighted by atomic mass is 9.86. The number of amides is 1. The fourth-order valence-corrected chi connectivity index (χ4v) is 1.03. The highest BCUT2D eigenvalue weighted by molar-refractivity contribution is 5.87. The molecule has 0 aromatic rings. The molecular weight excluding hydrogens is 212 g/mol. The van der Waals surface area contributed by atoms with E-state index in [1.165, 1.54) is 6.92 Å². The summed E-state index contributed by atoms with van der Waals surface area (Å²) in [4.78, 5) is 22.3. The Labute approximate surface area is 94.8 Å². The van der Waals surface area contributed by atoms with Crippen LogP contribution >= 0.6 is 0 Å². The molecule has 0 aliphatic heterocycles. The minimum absolute atomic E-state index is 0.466. The number of aliphatic hydroxyl groups excluding tert-OH is 1. The van der Waals surface area contributed by atoms with Gasteiger partial charge in [0.15, 0.2) is 6.04 Å². The molecule has 6 heteroatoms. The number of carbonyl (C=O) groups excluding carboxylic acids is 1. The molecule has 0 radical (unpaired) electrons. The SMILES string of the molecule is CC(O)C(NC(=O)C(N)C(C)(C)C)C(=O)O. The Morgan fingerprint density at radius 3 is 2.00 bits per heavy atom. The molecule has 0 saturated heterocycles. The number of aliphatic hydroxyl groups is 1. The zero-order valence-electron chi connectivity index (χ0n) is 10.0. The number of carbonyl (C=O) groups is 2. The summed E-state index contributed by atoms with van der Waals surface area (Å²) in [7, 11) is 0. The van der Waals surface area contributed by atoms with Crippen LogP contribution in [0.2, 0.25) is 0 Å². The second kappa shape index (κ2) is 5.27. The van der Waals surface area contributed by atoms with Gasteiger partial charge in [0.2, 0.25) is 5.91 Å². The van der Waals surface area contributed by atoms with Crippen molar-refractivity contribution in [3.8, 4) is 0 Å². The molecule has 0 aliphatic carbocycles. The molecule has 0 fully saturated rings. The monoisotopic (exact) mass is 232 g/mol. The normalized spacial score (nSPS) is 17.4. The summed E-state index contributed by atoms with van der Waals surface area (Å²) in [6, 6.07) is -2.16. The summed E-state index contributed by atoms with van der Waals surface area (Å²) < 4.78 is 0. The van der Waals surface area contributed by atoms with Crippen molar-refractivity contribution in [2.45, 2.75) is 45.9 Å². The third-order valence-electron chi connectivity index (χ3n) is 2.26. The Morgan fingerprint density at radius 1 is 1.31 bits per heavy atom. The maximum atomic E-state index is 11.6. The van der Waals surface area contributed by atoms with Gasteiger partial charge in [-0.3, -0.25) is 4.79 Å². The molecule has 1 amide bonds. The number of aliphatic carboxylic acids is 1. The van der Waals surface area contributed by atoms with Gasteiger partial charge < -0.3 is 21.3 Å². The lowest BCUT2D eigenvalue weighted by Gasteiger charge is -2.27. The number of hydrogen-bond acceptors (Lipinski definition) is 4. The Bertz CT molecular complexity index is 270. The van der Waals surface area contributed by atoms with Crippen LogP contribution in [-0.4, -0.2) is 40.3 Å². The van der Waals surface area contributed by atoms with Gasteiger partial charge >= 0.3 is 5.97 Å². The van der Waals surface area contributed by atoms with Crippen LogP contribution < -0.4 is 11.1 Å². The Balaban J connectivity index is 4.60. The minimum atomic E-state index is -1.33. The van der Waals surface area contributed by atoms with Crippen molar-refractivity contribution < 1.29 is 19.8 Å². The summed E-state index contributed by atoms with van der Waals surface area (Å²) in [6.07, 6.45) is -1.17. The first-order chi connectivity index (χ1) is 7.07. The number of rotatable bonds is 4. The second-order valence-electron chi connectivity index (χ2n) is 4.91. The average molecular weight is 232 g/mol. The van der Waals surface area contributed by atoms with Crippen LogP contribution in [0.25, 0.3) is 0 Å². The Kier molecular flexibility index (Phi) is 4.89. The fraction of sp³-hybridized carbons (Fsp3) is 0.800. The van der Waals surface area contributed by atoms with E-state index in [1.807, 2.05) is 0 Å². The number of hydrogen-bond donors (Lipinski definition) is 4. The van der Waals surface area contributed by atoms with Gasteiger partial charge in [-0.2, -0.15) is 0 Å². The van der Waals surface area contributed by atoms with Crippen LogP contribution in [0.3, 0.4) is 0 Å². The third-order valence-corrected chi connectivity index (χ3v) is 2.26. The van der Waals surface area contributed by atoms with E-state index in [-0.39, 0.29) is 0 Å². The lowest BCUT2D eigenvalue weighted by Crippen LogP contribution is -2.55. The molecule has 0 aromatic heterocycles. The van der Waals surface area contributed by atoms with E-state index in [0.29, 0.717) is 0 Å². The van der Waals surface area contributed by atoms with Crippen molar-refractivity contribution in [1.29, 1.82) is 0 Å². The quantitative estimate of drug-likeness (QED) is 0.512. The number of carboxylic acid groups (broad SMARTS) is 1. The van der Waals surface area contributed by atoms with Gasteiger partial charge in [-0.25, -0.2) is 4.79 Å². The van der Waals surface area contributed by atoms with Crippen LogP contribution in [0, 0.1) is 5.41 Å². The van der Waals surface area contributed by atoms with Crippen molar-refractivity contribution >= 4 is 11.9 Å². The smallest absolute Gasteiger partial charge is 0.328 e. The van der Waals surface area contributed by atoms with Gasteiger partial charge in [0.25, 0.3) is 0 Å². The highest BCUT2D eigenvalue weighted by Gasteiger charge is 2.32. The maximum absolute atomic E-state index is 11.6. The summed E-state index contributed by atoms with van der Waals surface area (Å²) in [5, 5.41) is 20.1. The number of nitrogens with one attached hydrogen (secondary N) is 1. The summed E-state index contributed by atoms with van der Waals surface area (Å²) in [5.41, 5.74) is 5.19. The van der Waals surface area contributed by atoms with E-state index in [2.05, 4.69) is 5.32 Å². The molecule has 5 N–H and O–H groups in total. The first-order valence-electron chi connectivity index (χ1n) is 5.04. The third kappa shape index (κ3) is 4.16. The van der Waals surface area contributed by atoms with Crippen molar-refractivity contribution in [2.75, 3.05) is 0 Å². The second-order valence-corrected chi connectivity index (χ2v) is 4.91. The molecule has 94 valence electrons. The molecule has 16 heavy (non-hydrogen) atoms. The first-order valence-corrected chi connectivity index (χ1v) is 5.04. The zero-order chi connectivity index (χ0) is 13.1. The first kappa shape index (κ1) is 14.9. The van der Waals surface area contributed by atoms with E-state index < -0.39 is 35.5 Å². The van der Waals surface area contributed by atoms with Crippen molar-refractivity contribution in [3.05, 3.63) is 0 Å². The molecule has 0 aromatic carbocycles. The standard InChI is InChI=1S/C10H20N2O4/c1-5(13)6(9(15)16)12-8(14)7(11)10(2,3)4/h5-7,13H,11H2,1-4H3,(H,12,14)(H,15,16). The Hall–Kier alpha value is -1.14. The molecule has 3 unspecified atom stereocenters. The van der Waals surface area contributed by atoms with Crippen LogP contribution in [-0.2, 0) is 9.59 Å². The van der Waals surface area contributed by atoms with E-state index in [0.717, 1.165) is 0 Å². The highest BCUT2D eigenvalue weighted by atomic mass is 16.4. The summed E-state index contributed by atoms with van der Waals surface area (Å²) in [5.74, 6) is -1.87. The van der Waals surface area contributed by atoms with E-state index in [4.69, 9.17) is 10.8 Å². The van der Waals surface area contributed by atoms with Crippen LogP contribution in [0.15, 0.2) is 0 Å². The van der Waals surface area contributed by atoms with E-state index in [9.17, 15) is 14.7 Å². The number of carboxylic acids is 1.